The highest BCUT2D eigenvalue weighted by Gasteiger charge is 2.19. The van der Waals surface area contributed by atoms with Crippen molar-refractivity contribution in [2.45, 2.75) is 25.8 Å². The molecule has 0 atom stereocenters. The monoisotopic (exact) mass is 388 g/mol. The van der Waals surface area contributed by atoms with Gasteiger partial charge in [-0.05, 0) is 60.0 Å². The summed E-state index contributed by atoms with van der Waals surface area (Å²) < 4.78 is 18.2. The normalized spacial score (nSPS) is 12.4. The molecular weight excluding hydrogens is 367 g/mol. The van der Waals surface area contributed by atoms with E-state index in [1.807, 2.05) is 36.5 Å². The summed E-state index contributed by atoms with van der Waals surface area (Å²) in [6, 6.07) is 16.0. The molecule has 0 unspecified atom stereocenters. The average molecular weight is 388 g/mol. The van der Waals surface area contributed by atoms with E-state index in [1.165, 1.54) is 12.1 Å². The zero-order valence-electron chi connectivity index (χ0n) is 16.2. The van der Waals surface area contributed by atoms with Gasteiger partial charge in [-0.3, -0.25) is 14.8 Å². The van der Waals surface area contributed by atoms with Crippen LogP contribution in [0.5, 0.6) is 5.75 Å². The summed E-state index contributed by atoms with van der Waals surface area (Å²) in [7, 11) is 1.64. The van der Waals surface area contributed by atoms with Crippen LogP contribution in [0.3, 0.4) is 0 Å². The lowest BCUT2D eigenvalue weighted by molar-refractivity contribution is -0.118. The third-order valence-electron chi connectivity index (χ3n) is 5.06. The maximum Gasteiger partial charge on any atom is 0.139 e. The maximum atomic E-state index is 13.0. The Morgan fingerprint density at radius 3 is 2.59 bits per heavy atom. The minimum atomic E-state index is -0.265. The van der Waals surface area contributed by atoms with Crippen molar-refractivity contribution in [2.24, 2.45) is 4.99 Å². The second-order valence-electron chi connectivity index (χ2n) is 7.07. The smallest absolute Gasteiger partial charge is 0.139 e. The van der Waals surface area contributed by atoms with Crippen LogP contribution in [0, 0.1) is 5.82 Å². The van der Waals surface area contributed by atoms with Crippen LogP contribution in [0.25, 0.3) is 0 Å². The number of ether oxygens (including phenoxy) is 1. The average Bonchev–Trinajstić information content (AvgIpc) is 3.16. The van der Waals surface area contributed by atoms with E-state index in [0.717, 1.165) is 39.4 Å². The van der Waals surface area contributed by atoms with E-state index in [-0.39, 0.29) is 11.6 Å². The number of rotatable bonds is 7. The minimum absolute atomic E-state index is 0.121. The first kappa shape index (κ1) is 19.0. The zero-order chi connectivity index (χ0) is 20.2. The number of ketones is 1. The van der Waals surface area contributed by atoms with E-state index in [9.17, 15) is 9.18 Å². The molecule has 4 nitrogen and oxygen atoms in total. The molecule has 0 amide bonds. The number of Topliss-reactive ketones (excluding diaryl/α,β-unsaturated/α-hetero) is 1. The summed E-state index contributed by atoms with van der Waals surface area (Å²) in [6.07, 6.45) is 3.13. The van der Waals surface area contributed by atoms with Gasteiger partial charge in [0.1, 0.15) is 17.3 Å². The Bertz CT molecular complexity index is 1060. The number of pyridine rings is 1. The van der Waals surface area contributed by atoms with Gasteiger partial charge in [-0.1, -0.05) is 12.1 Å². The van der Waals surface area contributed by atoms with E-state index in [1.54, 1.807) is 19.2 Å². The number of halogens is 1. The zero-order valence-corrected chi connectivity index (χ0v) is 16.2. The molecule has 4 rings (SSSR count). The Morgan fingerprint density at radius 1 is 1.10 bits per heavy atom. The van der Waals surface area contributed by atoms with Crippen LogP contribution in [0.15, 0.2) is 65.8 Å². The predicted octanol–water partition coefficient (Wildman–Crippen LogP) is 4.32. The third-order valence-corrected chi connectivity index (χ3v) is 5.06. The third kappa shape index (κ3) is 4.40. The SMILES string of the molecule is COc1ccc(C2=NCc3cc(CC(=O)CCc4ccc(F)cc4)ncc32)cc1. The van der Waals surface area contributed by atoms with E-state index < -0.39 is 0 Å². The highest BCUT2D eigenvalue weighted by molar-refractivity contribution is 6.15. The number of benzene rings is 2. The van der Waals surface area contributed by atoms with Crippen LogP contribution in [-0.2, 0) is 24.2 Å². The summed E-state index contributed by atoms with van der Waals surface area (Å²) in [5.41, 5.74) is 5.77. The summed E-state index contributed by atoms with van der Waals surface area (Å²) >= 11 is 0. The summed E-state index contributed by atoms with van der Waals surface area (Å²) in [4.78, 5) is 21.5. The molecule has 0 N–H and O–H groups in total. The van der Waals surface area contributed by atoms with E-state index in [0.29, 0.717) is 25.8 Å². The highest BCUT2D eigenvalue weighted by atomic mass is 19.1. The van der Waals surface area contributed by atoms with Crippen molar-refractivity contribution in [3.8, 4) is 5.75 Å². The molecule has 5 heteroatoms. The van der Waals surface area contributed by atoms with Crippen molar-refractivity contribution in [3.63, 3.8) is 0 Å². The molecule has 1 aromatic heterocycles. The number of fused-ring (bicyclic) bond motifs is 1. The number of aryl methyl sites for hydroxylation is 1. The van der Waals surface area contributed by atoms with Crippen LogP contribution in [0.4, 0.5) is 4.39 Å². The van der Waals surface area contributed by atoms with E-state index in [2.05, 4.69) is 9.98 Å². The molecule has 0 bridgehead atoms. The van der Waals surface area contributed by atoms with Crippen LogP contribution < -0.4 is 4.74 Å². The fraction of sp³-hybridized carbons (Fsp3) is 0.208. The van der Waals surface area contributed by atoms with Gasteiger partial charge >= 0.3 is 0 Å². The molecular formula is C24H21FN2O2. The first-order valence-electron chi connectivity index (χ1n) is 9.55. The number of nitrogens with zero attached hydrogens (tertiary/aromatic N) is 2. The molecule has 2 heterocycles. The molecule has 3 aromatic rings. The number of aromatic nitrogens is 1. The molecule has 1 aliphatic heterocycles. The second kappa shape index (κ2) is 8.35. The van der Waals surface area contributed by atoms with Gasteiger partial charge < -0.3 is 4.74 Å². The van der Waals surface area contributed by atoms with E-state index >= 15 is 0 Å². The quantitative estimate of drug-likeness (QED) is 0.606. The van der Waals surface area contributed by atoms with Crippen LogP contribution in [0.2, 0.25) is 0 Å². The van der Waals surface area contributed by atoms with Gasteiger partial charge in [-0.25, -0.2) is 4.39 Å². The number of hydrogen-bond donors (Lipinski definition) is 0. The molecule has 0 aliphatic carbocycles. The molecule has 0 saturated carbocycles. The van der Waals surface area contributed by atoms with Crippen molar-refractivity contribution in [1.29, 1.82) is 0 Å². The molecule has 146 valence electrons. The van der Waals surface area contributed by atoms with Gasteiger partial charge in [-0.15, -0.1) is 0 Å². The largest absolute Gasteiger partial charge is 0.497 e. The maximum absolute atomic E-state index is 13.0. The lowest BCUT2D eigenvalue weighted by Crippen LogP contribution is -2.08. The Balaban J connectivity index is 1.40. The fourth-order valence-electron chi connectivity index (χ4n) is 3.46. The molecule has 0 saturated heterocycles. The molecule has 0 fully saturated rings. The van der Waals surface area contributed by atoms with E-state index in [4.69, 9.17) is 4.74 Å². The molecule has 1 aliphatic rings. The van der Waals surface area contributed by atoms with Gasteiger partial charge in [0.05, 0.1) is 19.4 Å². The van der Waals surface area contributed by atoms with Crippen molar-refractivity contribution in [3.05, 3.63) is 94.6 Å². The number of hydrogen-bond acceptors (Lipinski definition) is 4. The number of aliphatic imine (C=N–C) groups is 1. The number of carbonyl (C=O) groups excluding carboxylic acids is 1. The highest BCUT2D eigenvalue weighted by Crippen LogP contribution is 2.24. The van der Waals surface area contributed by atoms with Gasteiger partial charge in [0, 0.05) is 35.9 Å². The summed E-state index contributed by atoms with van der Waals surface area (Å²) in [6.45, 7) is 0.593. The first-order chi connectivity index (χ1) is 14.1. The fourth-order valence-corrected chi connectivity index (χ4v) is 3.46. The molecule has 0 spiro atoms. The lowest BCUT2D eigenvalue weighted by Gasteiger charge is -2.07. The Kier molecular flexibility index (Phi) is 5.47. The van der Waals surface area contributed by atoms with Crippen molar-refractivity contribution < 1.29 is 13.9 Å². The van der Waals surface area contributed by atoms with Crippen LogP contribution >= 0.6 is 0 Å². The standard InChI is InChI=1S/C24H21FN2O2/c1-29-22-10-5-17(6-11-22)24-23-15-26-20(12-18(23)14-27-24)13-21(28)9-4-16-2-7-19(25)8-3-16/h2-3,5-8,10-12,15H,4,9,13-14H2,1H3. The predicted molar refractivity (Wildman–Crippen MR) is 110 cm³/mol. The number of methoxy groups -OCH3 is 1. The van der Waals surface area contributed by atoms with Gasteiger partial charge in [0.2, 0.25) is 0 Å². The summed E-state index contributed by atoms with van der Waals surface area (Å²) in [5, 5.41) is 0. The van der Waals surface area contributed by atoms with Gasteiger partial charge in [0.25, 0.3) is 0 Å². The Morgan fingerprint density at radius 2 is 1.86 bits per heavy atom. The van der Waals surface area contributed by atoms with Crippen molar-refractivity contribution in [2.75, 3.05) is 7.11 Å². The topological polar surface area (TPSA) is 51.5 Å². The van der Waals surface area contributed by atoms with Gasteiger partial charge in [-0.2, -0.15) is 0 Å². The number of carbonyl (C=O) groups is 1. The van der Waals surface area contributed by atoms with Gasteiger partial charge in [0.15, 0.2) is 0 Å². The first-order valence-corrected chi connectivity index (χ1v) is 9.55. The summed E-state index contributed by atoms with van der Waals surface area (Å²) in [5.74, 6) is 0.662. The van der Waals surface area contributed by atoms with Crippen molar-refractivity contribution >= 4 is 11.5 Å². The van der Waals surface area contributed by atoms with Crippen LogP contribution in [0.1, 0.15) is 34.4 Å². The lowest BCUT2D eigenvalue weighted by atomic mass is 10.00. The molecule has 29 heavy (non-hydrogen) atoms. The minimum Gasteiger partial charge on any atom is -0.497 e. The molecule has 2 aromatic carbocycles. The molecule has 0 radical (unpaired) electrons. The Labute approximate surface area is 169 Å². The van der Waals surface area contributed by atoms with Crippen molar-refractivity contribution in [1.82, 2.24) is 4.98 Å². The Hall–Kier alpha value is -3.34. The van der Waals surface area contributed by atoms with Crippen LogP contribution in [-0.4, -0.2) is 23.6 Å². The second-order valence-corrected chi connectivity index (χ2v) is 7.07.